The van der Waals surface area contributed by atoms with Crippen molar-refractivity contribution in [3.63, 3.8) is 0 Å². The van der Waals surface area contributed by atoms with Crippen molar-refractivity contribution in [2.75, 3.05) is 6.26 Å². The van der Waals surface area contributed by atoms with Crippen molar-refractivity contribution in [3.05, 3.63) is 30.1 Å². The summed E-state index contributed by atoms with van der Waals surface area (Å²) < 4.78 is 29.6. The second kappa shape index (κ2) is 8.20. The molecule has 0 radical (unpaired) electrons. The van der Waals surface area contributed by atoms with Gasteiger partial charge in [-0.25, -0.2) is 13.0 Å². The van der Waals surface area contributed by atoms with Crippen molar-refractivity contribution in [2.45, 2.75) is 39.7 Å². The molecular formula is C12H21NO3S. The second-order valence-corrected chi connectivity index (χ2v) is 5.25. The van der Waals surface area contributed by atoms with E-state index < -0.39 is 10.1 Å². The molecule has 0 fully saturated rings. The van der Waals surface area contributed by atoms with Crippen LogP contribution >= 0.6 is 0 Å². The quantitative estimate of drug-likeness (QED) is 0.608. The SMILES string of the molecule is CCCc1cccc[n+]1CCC.CS(=O)(=O)[O-]. The maximum Gasteiger partial charge on any atom is 0.181 e. The molecule has 0 aromatic carbocycles. The summed E-state index contributed by atoms with van der Waals surface area (Å²) in [5, 5.41) is 0. The third kappa shape index (κ3) is 9.96. The predicted octanol–water partition coefficient (Wildman–Crippen LogP) is 1.50. The fourth-order valence-electron chi connectivity index (χ4n) is 1.45. The van der Waals surface area contributed by atoms with Crippen LogP contribution < -0.4 is 4.57 Å². The van der Waals surface area contributed by atoms with Gasteiger partial charge in [0.1, 0.15) is 6.54 Å². The highest BCUT2D eigenvalue weighted by Crippen LogP contribution is 1.96. The zero-order chi connectivity index (χ0) is 13.3. The lowest BCUT2D eigenvalue weighted by atomic mass is 10.2. The molecule has 5 heteroatoms. The highest BCUT2D eigenvalue weighted by Gasteiger charge is 2.05. The van der Waals surface area contributed by atoms with Gasteiger partial charge in [-0.15, -0.1) is 0 Å². The minimum atomic E-state index is -3.92. The molecule has 98 valence electrons. The third-order valence-electron chi connectivity index (χ3n) is 2.01. The lowest BCUT2D eigenvalue weighted by molar-refractivity contribution is -0.704. The molecule has 0 saturated heterocycles. The minimum absolute atomic E-state index is 0.604. The standard InChI is InChI=1S/C11H18N.CH4O3S/c1-3-7-11-8-5-6-10-12(11)9-4-2;1-5(2,3)4/h5-6,8,10H,3-4,7,9H2,1-2H3;1H3,(H,2,3,4)/q+1;/p-1. The highest BCUT2D eigenvalue weighted by molar-refractivity contribution is 7.84. The monoisotopic (exact) mass is 259 g/mol. The Morgan fingerprint density at radius 1 is 1.24 bits per heavy atom. The lowest BCUT2D eigenvalue weighted by Gasteiger charge is -2.00. The van der Waals surface area contributed by atoms with Crippen LogP contribution in [0, 0.1) is 0 Å². The molecule has 0 aliphatic carbocycles. The van der Waals surface area contributed by atoms with Gasteiger partial charge in [0.25, 0.3) is 0 Å². The molecule has 0 unspecified atom stereocenters. The Hall–Kier alpha value is -0.940. The summed E-state index contributed by atoms with van der Waals surface area (Å²) in [6.07, 6.45) is 6.42. The van der Waals surface area contributed by atoms with Gasteiger partial charge >= 0.3 is 0 Å². The van der Waals surface area contributed by atoms with E-state index in [1.165, 1.54) is 25.0 Å². The maximum absolute atomic E-state index is 9.08. The molecule has 4 nitrogen and oxygen atoms in total. The molecule has 1 rings (SSSR count). The Bertz CT molecular complexity index is 383. The highest BCUT2D eigenvalue weighted by atomic mass is 32.2. The Kier molecular flexibility index (Phi) is 7.74. The first-order chi connectivity index (χ1) is 7.88. The molecule has 0 saturated carbocycles. The van der Waals surface area contributed by atoms with Crippen molar-refractivity contribution >= 4 is 10.1 Å². The van der Waals surface area contributed by atoms with Crippen LogP contribution in [0.4, 0.5) is 0 Å². The first-order valence-electron chi connectivity index (χ1n) is 5.76. The summed E-state index contributed by atoms with van der Waals surface area (Å²) in [6.45, 7) is 5.59. The summed E-state index contributed by atoms with van der Waals surface area (Å²) in [5.74, 6) is 0. The molecule has 17 heavy (non-hydrogen) atoms. The number of hydrogen-bond acceptors (Lipinski definition) is 3. The molecule has 0 N–H and O–H groups in total. The lowest BCUT2D eigenvalue weighted by Crippen LogP contribution is -2.37. The van der Waals surface area contributed by atoms with Gasteiger partial charge in [-0.1, -0.05) is 19.9 Å². The van der Waals surface area contributed by atoms with Crippen LogP contribution in [-0.4, -0.2) is 19.2 Å². The molecule has 1 heterocycles. The van der Waals surface area contributed by atoms with E-state index in [1.807, 2.05) is 0 Å². The van der Waals surface area contributed by atoms with Crippen LogP contribution in [0.5, 0.6) is 0 Å². The van der Waals surface area contributed by atoms with E-state index >= 15 is 0 Å². The fraction of sp³-hybridized carbons (Fsp3) is 0.583. The summed E-state index contributed by atoms with van der Waals surface area (Å²) in [7, 11) is -3.92. The first-order valence-corrected chi connectivity index (χ1v) is 7.58. The van der Waals surface area contributed by atoms with Gasteiger partial charge in [-0.05, 0) is 6.42 Å². The van der Waals surface area contributed by atoms with E-state index in [0.29, 0.717) is 6.26 Å². The number of hydrogen-bond donors (Lipinski definition) is 0. The molecule has 1 aromatic rings. The van der Waals surface area contributed by atoms with Crippen molar-refractivity contribution in [1.29, 1.82) is 0 Å². The summed E-state index contributed by atoms with van der Waals surface area (Å²) in [4.78, 5) is 0. The van der Waals surface area contributed by atoms with E-state index in [4.69, 9.17) is 13.0 Å². The smallest absolute Gasteiger partial charge is 0.181 e. The van der Waals surface area contributed by atoms with Crippen molar-refractivity contribution in [2.24, 2.45) is 0 Å². The van der Waals surface area contributed by atoms with Crippen LogP contribution in [-0.2, 0) is 23.1 Å². The molecular weight excluding hydrogens is 238 g/mol. The zero-order valence-electron chi connectivity index (χ0n) is 10.7. The second-order valence-electron chi connectivity index (χ2n) is 3.84. The zero-order valence-corrected chi connectivity index (χ0v) is 11.5. The molecule has 0 spiro atoms. The van der Waals surface area contributed by atoms with Gasteiger partial charge in [0.2, 0.25) is 0 Å². The summed E-state index contributed by atoms with van der Waals surface area (Å²) >= 11 is 0. The Morgan fingerprint density at radius 2 is 1.82 bits per heavy atom. The number of pyridine rings is 1. The van der Waals surface area contributed by atoms with Crippen LogP contribution in [0.15, 0.2) is 24.4 Å². The van der Waals surface area contributed by atoms with Gasteiger partial charge in [0.15, 0.2) is 11.9 Å². The average molecular weight is 259 g/mol. The topological polar surface area (TPSA) is 61.1 Å². The number of rotatable bonds is 4. The number of aryl methyl sites for hydroxylation is 2. The molecule has 0 atom stereocenters. The fourth-order valence-corrected chi connectivity index (χ4v) is 1.45. The van der Waals surface area contributed by atoms with Gasteiger partial charge < -0.3 is 4.55 Å². The molecule has 0 aliphatic rings. The number of aromatic nitrogens is 1. The van der Waals surface area contributed by atoms with Crippen molar-refractivity contribution < 1.29 is 17.5 Å². The first kappa shape index (κ1) is 16.1. The minimum Gasteiger partial charge on any atom is -0.748 e. The van der Waals surface area contributed by atoms with Crippen LogP contribution in [0.3, 0.4) is 0 Å². The van der Waals surface area contributed by atoms with Crippen molar-refractivity contribution in [1.82, 2.24) is 0 Å². The van der Waals surface area contributed by atoms with E-state index in [-0.39, 0.29) is 0 Å². The van der Waals surface area contributed by atoms with Gasteiger partial charge in [0, 0.05) is 31.2 Å². The Balaban J connectivity index is 0.000000437. The van der Waals surface area contributed by atoms with E-state index in [2.05, 4.69) is 42.8 Å². The number of nitrogens with zero attached hydrogens (tertiary/aromatic N) is 1. The molecule has 1 aromatic heterocycles. The molecule has 0 amide bonds. The largest absolute Gasteiger partial charge is 0.748 e. The van der Waals surface area contributed by atoms with Gasteiger partial charge in [0.05, 0.1) is 10.1 Å². The average Bonchev–Trinajstić information content (AvgIpc) is 2.19. The van der Waals surface area contributed by atoms with E-state index in [0.717, 1.165) is 6.54 Å². The third-order valence-corrected chi connectivity index (χ3v) is 2.01. The maximum atomic E-state index is 9.08. The van der Waals surface area contributed by atoms with Crippen LogP contribution in [0.2, 0.25) is 0 Å². The van der Waals surface area contributed by atoms with Gasteiger partial charge in [-0.2, -0.15) is 0 Å². The predicted molar refractivity (Wildman–Crippen MR) is 66.5 cm³/mol. The Labute approximate surface area is 104 Å². The summed E-state index contributed by atoms with van der Waals surface area (Å²) in [6, 6.07) is 6.45. The normalized spacial score (nSPS) is 10.6. The van der Waals surface area contributed by atoms with Crippen LogP contribution in [0.1, 0.15) is 32.4 Å². The Morgan fingerprint density at radius 3 is 2.29 bits per heavy atom. The van der Waals surface area contributed by atoms with E-state index in [1.54, 1.807) is 0 Å². The van der Waals surface area contributed by atoms with E-state index in [9.17, 15) is 0 Å². The van der Waals surface area contributed by atoms with Crippen LogP contribution in [0.25, 0.3) is 0 Å². The van der Waals surface area contributed by atoms with Crippen molar-refractivity contribution in [3.8, 4) is 0 Å². The summed E-state index contributed by atoms with van der Waals surface area (Å²) in [5.41, 5.74) is 1.46. The van der Waals surface area contributed by atoms with Gasteiger partial charge in [-0.3, -0.25) is 0 Å². The molecule has 0 bridgehead atoms. The molecule has 0 aliphatic heterocycles.